The van der Waals surface area contributed by atoms with Crippen LogP contribution in [0.1, 0.15) is 42.1 Å². The summed E-state index contributed by atoms with van der Waals surface area (Å²) in [5, 5.41) is 3.42. The maximum atomic E-state index is 11.9. The topological polar surface area (TPSA) is 88.3 Å². The van der Waals surface area contributed by atoms with Crippen LogP contribution in [0.15, 0.2) is 12.1 Å². The Kier molecular flexibility index (Phi) is 4.21. The Bertz CT molecular complexity index is 816. The third-order valence-electron chi connectivity index (χ3n) is 4.79. The number of amides is 2. The number of nitrogens with zero attached hydrogens (tertiary/aromatic N) is 2. The van der Waals surface area contributed by atoms with Crippen LogP contribution >= 0.6 is 11.3 Å². The minimum Gasteiger partial charge on any atom is -0.397 e. The van der Waals surface area contributed by atoms with Crippen LogP contribution in [0, 0.1) is 0 Å². The number of aromatic nitrogens is 1. The SMILES string of the molecule is CNC(=O)c1sc2nc([C@]3(C)CCCN(C(C)=O)C3)ccc2c1N. The lowest BCUT2D eigenvalue weighted by Crippen LogP contribution is -2.46. The van der Waals surface area contributed by atoms with Gasteiger partial charge in [0.15, 0.2) is 0 Å². The van der Waals surface area contributed by atoms with Gasteiger partial charge in [-0.25, -0.2) is 4.98 Å². The van der Waals surface area contributed by atoms with E-state index in [0.29, 0.717) is 17.1 Å². The van der Waals surface area contributed by atoms with Gasteiger partial charge in [-0.05, 0) is 25.0 Å². The molecule has 0 aliphatic carbocycles. The molecule has 0 unspecified atom stereocenters. The van der Waals surface area contributed by atoms with Crippen LogP contribution in [0.5, 0.6) is 0 Å². The van der Waals surface area contributed by atoms with Crippen molar-refractivity contribution in [2.24, 2.45) is 0 Å². The third-order valence-corrected chi connectivity index (χ3v) is 5.90. The lowest BCUT2D eigenvalue weighted by Gasteiger charge is -2.39. The van der Waals surface area contributed by atoms with Crippen LogP contribution in [0.4, 0.5) is 5.69 Å². The van der Waals surface area contributed by atoms with E-state index in [-0.39, 0.29) is 17.2 Å². The first kappa shape index (κ1) is 16.7. The molecule has 2 amide bonds. The molecule has 1 fully saturated rings. The molecule has 128 valence electrons. The van der Waals surface area contributed by atoms with Gasteiger partial charge in [-0.2, -0.15) is 0 Å². The molecule has 3 rings (SSSR count). The first-order chi connectivity index (χ1) is 11.4. The van der Waals surface area contributed by atoms with E-state index >= 15 is 0 Å². The molecule has 1 saturated heterocycles. The molecule has 1 atom stereocenters. The number of hydrogen-bond acceptors (Lipinski definition) is 5. The fourth-order valence-corrected chi connectivity index (χ4v) is 4.37. The second kappa shape index (κ2) is 6.05. The predicted octanol–water partition coefficient (Wildman–Crippen LogP) is 2.14. The molecule has 3 N–H and O–H groups in total. The average Bonchev–Trinajstić information content (AvgIpc) is 2.90. The van der Waals surface area contributed by atoms with Crippen LogP contribution in [0.3, 0.4) is 0 Å². The highest BCUT2D eigenvalue weighted by atomic mass is 32.1. The van der Waals surface area contributed by atoms with Crippen LogP contribution in [-0.4, -0.2) is 41.8 Å². The number of fused-ring (bicyclic) bond motifs is 1. The normalized spacial score (nSPS) is 21.0. The lowest BCUT2D eigenvalue weighted by atomic mass is 9.78. The van der Waals surface area contributed by atoms with Crippen molar-refractivity contribution in [1.29, 1.82) is 0 Å². The first-order valence-corrected chi connectivity index (χ1v) is 8.84. The molecule has 0 aromatic carbocycles. The Morgan fingerprint density at radius 3 is 2.83 bits per heavy atom. The van der Waals surface area contributed by atoms with Gasteiger partial charge in [-0.1, -0.05) is 6.92 Å². The summed E-state index contributed by atoms with van der Waals surface area (Å²) in [5.41, 5.74) is 7.35. The van der Waals surface area contributed by atoms with E-state index < -0.39 is 0 Å². The molecule has 24 heavy (non-hydrogen) atoms. The smallest absolute Gasteiger partial charge is 0.263 e. The summed E-state index contributed by atoms with van der Waals surface area (Å²) < 4.78 is 0. The van der Waals surface area contributed by atoms with Gasteiger partial charge in [0, 0.05) is 43.6 Å². The quantitative estimate of drug-likeness (QED) is 0.872. The fraction of sp³-hybridized carbons (Fsp3) is 0.471. The molecule has 0 saturated carbocycles. The summed E-state index contributed by atoms with van der Waals surface area (Å²) >= 11 is 1.31. The summed E-state index contributed by atoms with van der Waals surface area (Å²) in [6.07, 6.45) is 1.95. The maximum Gasteiger partial charge on any atom is 0.263 e. The number of nitrogen functional groups attached to an aromatic ring is 1. The van der Waals surface area contributed by atoms with Gasteiger partial charge in [0.05, 0.1) is 5.69 Å². The van der Waals surface area contributed by atoms with Gasteiger partial charge in [0.25, 0.3) is 5.91 Å². The molecule has 2 aromatic rings. The fourth-order valence-electron chi connectivity index (χ4n) is 3.33. The highest BCUT2D eigenvalue weighted by Gasteiger charge is 2.35. The standard InChI is InChI=1S/C17H22N4O2S/c1-10(22)21-8-4-7-17(2,9-21)12-6-5-11-13(18)14(15(23)19-3)24-16(11)20-12/h5-6H,4,7-9,18H2,1-3H3,(H,19,23)/t17-/m1/s1. The van der Waals surface area contributed by atoms with Crippen molar-refractivity contribution in [2.45, 2.75) is 32.1 Å². The second-order valence-electron chi connectivity index (χ2n) is 6.58. The number of anilines is 1. The summed E-state index contributed by atoms with van der Waals surface area (Å²) in [7, 11) is 1.59. The minimum atomic E-state index is -0.191. The number of carbonyl (C=O) groups excluding carboxylic acids is 2. The number of thiophene rings is 1. The molecule has 0 bridgehead atoms. The molecule has 1 aliphatic rings. The maximum absolute atomic E-state index is 11.9. The van der Waals surface area contributed by atoms with E-state index in [4.69, 9.17) is 10.7 Å². The van der Waals surface area contributed by atoms with E-state index in [2.05, 4.69) is 12.2 Å². The number of nitrogens with two attached hydrogens (primary N) is 1. The molecule has 6 nitrogen and oxygen atoms in total. The highest BCUT2D eigenvalue weighted by molar-refractivity contribution is 7.21. The van der Waals surface area contributed by atoms with Gasteiger partial charge >= 0.3 is 0 Å². The minimum absolute atomic E-state index is 0.101. The van der Waals surface area contributed by atoms with Gasteiger partial charge < -0.3 is 16.0 Å². The monoisotopic (exact) mass is 346 g/mol. The van der Waals surface area contributed by atoms with Crippen LogP contribution in [-0.2, 0) is 10.2 Å². The molecule has 7 heteroatoms. The first-order valence-electron chi connectivity index (χ1n) is 8.03. The second-order valence-corrected chi connectivity index (χ2v) is 7.58. The number of pyridine rings is 1. The van der Waals surface area contributed by atoms with E-state index in [9.17, 15) is 9.59 Å². The summed E-state index contributed by atoms with van der Waals surface area (Å²) in [5.74, 6) is -0.0899. The average molecular weight is 346 g/mol. The highest BCUT2D eigenvalue weighted by Crippen LogP contribution is 2.37. The number of piperidine rings is 1. The van der Waals surface area contributed by atoms with Crippen molar-refractivity contribution < 1.29 is 9.59 Å². The Balaban J connectivity index is 2.01. The third kappa shape index (κ3) is 2.73. The zero-order chi connectivity index (χ0) is 17.5. The Morgan fingerprint density at radius 2 is 2.17 bits per heavy atom. The molecular formula is C17H22N4O2S. The predicted molar refractivity (Wildman–Crippen MR) is 96.3 cm³/mol. The van der Waals surface area contributed by atoms with E-state index in [0.717, 1.165) is 35.3 Å². The van der Waals surface area contributed by atoms with Crippen LogP contribution in [0.2, 0.25) is 0 Å². The van der Waals surface area contributed by atoms with Crippen molar-refractivity contribution in [3.63, 3.8) is 0 Å². The van der Waals surface area contributed by atoms with Gasteiger partial charge in [-0.15, -0.1) is 11.3 Å². The zero-order valence-corrected chi connectivity index (χ0v) is 15.0. The van der Waals surface area contributed by atoms with Gasteiger partial charge in [-0.3, -0.25) is 9.59 Å². The van der Waals surface area contributed by atoms with Crippen molar-refractivity contribution in [2.75, 3.05) is 25.9 Å². The lowest BCUT2D eigenvalue weighted by molar-refractivity contribution is -0.130. The van der Waals surface area contributed by atoms with E-state index in [1.807, 2.05) is 17.0 Å². The van der Waals surface area contributed by atoms with Crippen molar-refractivity contribution >= 4 is 39.1 Å². The number of hydrogen-bond donors (Lipinski definition) is 2. The zero-order valence-electron chi connectivity index (χ0n) is 14.2. The summed E-state index contributed by atoms with van der Waals surface area (Å²) in [6, 6.07) is 3.91. The molecule has 3 heterocycles. The molecular weight excluding hydrogens is 324 g/mol. The number of nitrogens with one attached hydrogen (secondary N) is 1. The Hall–Kier alpha value is -2.15. The van der Waals surface area contributed by atoms with Crippen molar-refractivity contribution in [1.82, 2.24) is 15.2 Å². The van der Waals surface area contributed by atoms with Crippen molar-refractivity contribution in [3.05, 3.63) is 22.7 Å². The van der Waals surface area contributed by atoms with Crippen LogP contribution in [0.25, 0.3) is 10.2 Å². The van der Waals surface area contributed by atoms with Crippen LogP contribution < -0.4 is 11.1 Å². The number of rotatable bonds is 2. The number of carbonyl (C=O) groups is 2. The Labute approximate surface area is 145 Å². The number of likely N-dealkylation sites (tertiary alicyclic amines) is 1. The van der Waals surface area contributed by atoms with E-state index in [1.165, 1.54) is 11.3 Å². The molecule has 0 radical (unpaired) electrons. The van der Waals surface area contributed by atoms with E-state index in [1.54, 1.807) is 14.0 Å². The van der Waals surface area contributed by atoms with Gasteiger partial charge in [0.1, 0.15) is 9.71 Å². The summed E-state index contributed by atoms with van der Waals surface area (Å²) in [4.78, 5) is 31.6. The molecule has 0 spiro atoms. The largest absolute Gasteiger partial charge is 0.397 e. The van der Waals surface area contributed by atoms with Gasteiger partial charge in [0.2, 0.25) is 5.91 Å². The summed E-state index contributed by atoms with van der Waals surface area (Å²) in [6.45, 7) is 5.23. The van der Waals surface area contributed by atoms with Crippen molar-refractivity contribution in [3.8, 4) is 0 Å². The Morgan fingerprint density at radius 1 is 1.42 bits per heavy atom. The molecule has 2 aromatic heterocycles. The molecule has 1 aliphatic heterocycles.